The molecule has 10 heavy (non-hydrogen) atoms. The third-order valence-corrected chi connectivity index (χ3v) is 1.12. The van der Waals surface area contributed by atoms with Crippen LogP contribution < -0.4 is 11.3 Å². The van der Waals surface area contributed by atoms with Gasteiger partial charge in [-0.05, 0) is 0 Å². The summed E-state index contributed by atoms with van der Waals surface area (Å²) in [5, 5.41) is 0. The first-order chi connectivity index (χ1) is 4.74. The molecule has 0 aliphatic heterocycles. The van der Waals surface area contributed by atoms with Crippen LogP contribution in [0.15, 0.2) is 6.20 Å². The van der Waals surface area contributed by atoms with Gasteiger partial charge in [-0.3, -0.25) is 4.79 Å². The fourth-order valence-corrected chi connectivity index (χ4v) is 0.625. The number of nitrogens with zero attached hydrogens (tertiary/aromatic N) is 2. The molecule has 5 heteroatoms. The molecule has 0 saturated heterocycles. The molecule has 0 radical (unpaired) electrons. The van der Waals surface area contributed by atoms with Crippen LogP contribution in [-0.2, 0) is 0 Å². The van der Waals surface area contributed by atoms with Gasteiger partial charge in [-0.2, -0.15) is 0 Å². The molecule has 0 bridgehead atoms. The maximum Gasteiger partial charge on any atom is 0.169 e. The molecule has 0 aliphatic carbocycles. The van der Waals surface area contributed by atoms with Gasteiger partial charge in [0, 0.05) is 5.59 Å². The molecule has 0 fully saturated rings. The molecule has 1 aromatic rings. The van der Waals surface area contributed by atoms with Gasteiger partial charge >= 0.3 is 0 Å². The first-order valence-corrected chi connectivity index (χ1v) is 2.78. The van der Waals surface area contributed by atoms with Crippen LogP contribution in [0.5, 0.6) is 0 Å². The van der Waals surface area contributed by atoms with Crippen LogP contribution in [0, 0.1) is 0 Å². The summed E-state index contributed by atoms with van der Waals surface area (Å²) in [7, 11) is 1.69. The highest BCUT2D eigenvalue weighted by atomic mass is 16.1. The van der Waals surface area contributed by atoms with E-state index in [1.54, 1.807) is 7.85 Å². The molecule has 2 N–H and O–H groups in total. The van der Waals surface area contributed by atoms with Crippen LogP contribution in [0.2, 0.25) is 0 Å². The van der Waals surface area contributed by atoms with E-state index in [2.05, 4.69) is 9.97 Å². The number of rotatable bonds is 1. The van der Waals surface area contributed by atoms with Crippen LogP contribution in [0.4, 0.5) is 5.82 Å². The van der Waals surface area contributed by atoms with E-state index in [0.29, 0.717) is 23.4 Å². The third-order valence-electron chi connectivity index (χ3n) is 1.12. The number of anilines is 1. The standard InChI is InChI=1S/C5H6BN3O/c6-5-3(2-10)8-1-4(7)9-5/h1-2H,6H2,(H2,7,9). The van der Waals surface area contributed by atoms with Crippen molar-refractivity contribution >= 4 is 25.5 Å². The van der Waals surface area contributed by atoms with E-state index < -0.39 is 0 Å². The second-order valence-corrected chi connectivity index (χ2v) is 1.88. The van der Waals surface area contributed by atoms with Crippen molar-refractivity contribution in [3.05, 3.63) is 11.9 Å². The Bertz CT molecular complexity index is 263. The summed E-state index contributed by atoms with van der Waals surface area (Å²) < 4.78 is 0. The van der Waals surface area contributed by atoms with Gasteiger partial charge in [-0.25, -0.2) is 9.97 Å². The monoisotopic (exact) mass is 135 g/mol. The minimum Gasteiger partial charge on any atom is -0.382 e. The van der Waals surface area contributed by atoms with Gasteiger partial charge in [0.15, 0.2) is 14.1 Å². The SMILES string of the molecule is Bc1nc(N)cnc1C=O. The third kappa shape index (κ3) is 1.13. The van der Waals surface area contributed by atoms with Crippen molar-refractivity contribution in [2.24, 2.45) is 0 Å². The van der Waals surface area contributed by atoms with Gasteiger partial charge in [0.2, 0.25) is 0 Å². The molecule has 0 aromatic carbocycles. The van der Waals surface area contributed by atoms with E-state index in [1.807, 2.05) is 0 Å². The van der Waals surface area contributed by atoms with Crippen molar-refractivity contribution in [1.82, 2.24) is 9.97 Å². The van der Waals surface area contributed by atoms with E-state index in [1.165, 1.54) is 6.20 Å². The van der Waals surface area contributed by atoms with E-state index in [-0.39, 0.29) is 0 Å². The van der Waals surface area contributed by atoms with Gasteiger partial charge in [-0.15, -0.1) is 0 Å². The molecule has 0 spiro atoms. The second kappa shape index (κ2) is 2.47. The zero-order valence-corrected chi connectivity index (χ0v) is 5.53. The summed E-state index contributed by atoms with van der Waals surface area (Å²) in [5.41, 5.74) is 6.20. The average molecular weight is 135 g/mol. The number of nitrogen functional groups attached to an aromatic ring is 1. The van der Waals surface area contributed by atoms with Crippen molar-refractivity contribution in [1.29, 1.82) is 0 Å². The molecular formula is C5H6BN3O. The average Bonchev–Trinajstić information content (AvgIpc) is 1.88. The predicted octanol–water partition coefficient (Wildman–Crippen LogP) is -1.87. The van der Waals surface area contributed by atoms with Gasteiger partial charge < -0.3 is 5.73 Å². The van der Waals surface area contributed by atoms with Gasteiger partial charge in [0.05, 0.1) is 6.20 Å². The number of hydrogen-bond donors (Lipinski definition) is 1. The van der Waals surface area contributed by atoms with E-state index in [0.717, 1.165) is 0 Å². The zero-order chi connectivity index (χ0) is 7.56. The lowest BCUT2D eigenvalue weighted by atomic mass is 10.0. The van der Waals surface area contributed by atoms with Crippen molar-refractivity contribution in [3.8, 4) is 0 Å². The largest absolute Gasteiger partial charge is 0.382 e. The lowest BCUT2D eigenvalue weighted by molar-refractivity contribution is 0.112. The Morgan fingerprint density at radius 1 is 1.70 bits per heavy atom. The lowest BCUT2D eigenvalue weighted by Gasteiger charge is -1.95. The molecule has 0 aliphatic rings. The Labute approximate surface area is 58.9 Å². The smallest absolute Gasteiger partial charge is 0.169 e. The molecule has 0 unspecified atom stereocenters. The fraction of sp³-hybridized carbons (Fsp3) is 0. The van der Waals surface area contributed by atoms with Crippen molar-refractivity contribution in [3.63, 3.8) is 0 Å². The molecule has 1 heterocycles. The first kappa shape index (κ1) is 6.73. The van der Waals surface area contributed by atoms with Crippen LogP contribution in [-0.4, -0.2) is 24.1 Å². The van der Waals surface area contributed by atoms with Crippen molar-refractivity contribution < 1.29 is 4.79 Å². The molecule has 50 valence electrons. The van der Waals surface area contributed by atoms with Crippen molar-refractivity contribution in [2.75, 3.05) is 5.73 Å². The minimum atomic E-state index is 0.336. The fourth-order valence-electron chi connectivity index (χ4n) is 0.625. The summed E-state index contributed by atoms with van der Waals surface area (Å²) in [6, 6.07) is 0. The number of aldehydes is 1. The molecule has 0 saturated carbocycles. The van der Waals surface area contributed by atoms with Gasteiger partial charge in [0.25, 0.3) is 0 Å². The highest BCUT2D eigenvalue weighted by Crippen LogP contribution is 1.88. The highest BCUT2D eigenvalue weighted by Gasteiger charge is 1.97. The van der Waals surface area contributed by atoms with E-state index in [9.17, 15) is 4.79 Å². The number of nitrogens with two attached hydrogens (primary N) is 1. The van der Waals surface area contributed by atoms with Crippen LogP contribution in [0.1, 0.15) is 10.5 Å². The summed E-state index contributed by atoms with van der Waals surface area (Å²) in [5.74, 6) is 0.336. The normalized spacial score (nSPS) is 9.20. The highest BCUT2D eigenvalue weighted by molar-refractivity contribution is 6.33. The number of carbonyl (C=O) groups is 1. The summed E-state index contributed by atoms with van der Waals surface area (Å²) in [6.07, 6.45) is 2.01. The van der Waals surface area contributed by atoms with Gasteiger partial charge in [-0.1, -0.05) is 0 Å². The second-order valence-electron chi connectivity index (χ2n) is 1.88. The Balaban J connectivity index is 3.19. The number of aromatic nitrogens is 2. The zero-order valence-electron chi connectivity index (χ0n) is 5.53. The molecule has 4 nitrogen and oxygen atoms in total. The van der Waals surface area contributed by atoms with Gasteiger partial charge in [0.1, 0.15) is 11.5 Å². The Morgan fingerprint density at radius 2 is 2.40 bits per heavy atom. The number of hydrogen-bond acceptors (Lipinski definition) is 4. The number of carbonyl (C=O) groups excluding carboxylic acids is 1. The minimum absolute atomic E-state index is 0.336. The molecular weight excluding hydrogens is 129 g/mol. The van der Waals surface area contributed by atoms with Crippen LogP contribution in [0.25, 0.3) is 0 Å². The summed E-state index contributed by atoms with van der Waals surface area (Å²) >= 11 is 0. The first-order valence-electron chi connectivity index (χ1n) is 2.78. The lowest BCUT2D eigenvalue weighted by Crippen LogP contribution is -2.17. The summed E-state index contributed by atoms with van der Waals surface area (Å²) in [6.45, 7) is 0. The Morgan fingerprint density at radius 3 is 2.90 bits per heavy atom. The molecule has 1 aromatic heterocycles. The summed E-state index contributed by atoms with van der Waals surface area (Å²) in [4.78, 5) is 17.8. The van der Waals surface area contributed by atoms with E-state index in [4.69, 9.17) is 5.73 Å². The van der Waals surface area contributed by atoms with E-state index >= 15 is 0 Å². The van der Waals surface area contributed by atoms with Crippen molar-refractivity contribution in [2.45, 2.75) is 0 Å². The Hall–Kier alpha value is -1.39. The molecule has 0 atom stereocenters. The predicted molar refractivity (Wildman–Crippen MR) is 40.0 cm³/mol. The van der Waals surface area contributed by atoms with Crippen LogP contribution >= 0.6 is 0 Å². The van der Waals surface area contributed by atoms with Crippen LogP contribution in [0.3, 0.4) is 0 Å². The molecule has 1 rings (SSSR count). The quantitative estimate of drug-likeness (QED) is 0.361. The Kier molecular flexibility index (Phi) is 1.66. The maximum atomic E-state index is 10.2. The topological polar surface area (TPSA) is 68.9 Å². The molecule has 0 amide bonds. The maximum absolute atomic E-state index is 10.2.